The van der Waals surface area contributed by atoms with Crippen LogP contribution in [0, 0.1) is 0 Å². The number of amides is 3. The zero-order valence-electron chi connectivity index (χ0n) is 13.1. The Hall–Kier alpha value is -1.75. The number of hydrogen-bond donors (Lipinski definition) is 2. The predicted octanol–water partition coefficient (Wildman–Crippen LogP) is 2.51. The van der Waals surface area contributed by atoms with Crippen molar-refractivity contribution >= 4 is 23.5 Å². The fraction of sp³-hybridized carbons (Fsp3) is 0.529. The Balaban J connectivity index is 1.62. The van der Waals surface area contributed by atoms with E-state index in [1.807, 2.05) is 24.3 Å². The standard InChI is InChI=1S/C17H22ClN3O2/c18-13-6-4-12(5-7-13)14-2-1-3-15(14)20-17(23)21-10-8-16(22)19-9-11-21/h4-7,14-15H,1-3,8-11H2,(H,19,22)(H,20,23)/t14-,15-/m1/s1. The zero-order chi connectivity index (χ0) is 16.2. The minimum absolute atomic E-state index is 0.0141. The van der Waals surface area contributed by atoms with Crippen LogP contribution in [0.5, 0.6) is 0 Å². The number of rotatable bonds is 2. The van der Waals surface area contributed by atoms with Crippen molar-refractivity contribution in [2.75, 3.05) is 19.6 Å². The van der Waals surface area contributed by atoms with E-state index in [2.05, 4.69) is 10.6 Å². The van der Waals surface area contributed by atoms with E-state index in [-0.39, 0.29) is 18.0 Å². The summed E-state index contributed by atoms with van der Waals surface area (Å²) in [5, 5.41) is 6.69. The average Bonchev–Trinajstić information content (AvgIpc) is 2.88. The second-order valence-electron chi connectivity index (χ2n) is 6.23. The van der Waals surface area contributed by atoms with E-state index in [0.29, 0.717) is 32.0 Å². The minimum Gasteiger partial charge on any atom is -0.354 e. The van der Waals surface area contributed by atoms with Gasteiger partial charge in [0.2, 0.25) is 5.91 Å². The molecule has 6 heteroatoms. The summed E-state index contributed by atoms with van der Waals surface area (Å²) >= 11 is 5.96. The molecule has 1 heterocycles. The summed E-state index contributed by atoms with van der Waals surface area (Å²) in [5.41, 5.74) is 1.23. The molecule has 0 aromatic heterocycles. The minimum atomic E-state index is -0.0626. The number of halogens is 1. The molecule has 1 saturated heterocycles. The number of nitrogens with one attached hydrogen (secondary N) is 2. The Kier molecular flexibility index (Phi) is 5.06. The van der Waals surface area contributed by atoms with Crippen LogP contribution in [-0.2, 0) is 4.79 Å². The Morgan fingerprint density at radius 3 is 2.78 bits per heavy atom. The van der Waals surface area contributed by atoms with Crippen molar-refractivity contribution in [1.29, 1.82) is 0 Å². The van der Waals surface area contributed by atoms with Gasteiger partial charge in [0, 0.05) is 43.0 Å². The molecule has 1 aliphatic heterocycles. The van der Waals surface area contributed by atoms with Gasteiger partial charge in [-0.2, -0.15) is 0 Å². The predicted molar refractivity (Wildman–Crippen MR) is 89.6 cm³/mol. The number of benzene rings is 1. The Morgan fingerprint density at radius 2 is 2.00 bits per heavy atom. The van der Waals surface area contributed by atoms with Gasteiger partial charge in [0.1, 0.15) is 0 Å². The molecule has 1 aliphatic carbocycles. The summed E-state index contributed by atoms with van der Waals surface area (Å²) in [4.78, 5) is 25.6. The highest BCUT2D eigenvalue weighted by Crippen LogP contribution is 2.35. The fourth-order valence-electron chi connectivity index (χ4n) is 3.46. The second-order valence-corrected chi connectivity index (χ2v) is 6.67. The van der Waals surface area contributed by atoms with Gasteiger partial charge >= 0.3 is 6.03 Å². The highest BCUT2D eigenvalue weighted by atomic mass is 35.5. The van der Waals surface area contributed by atoms with Gasteiger partial charge in [-0.25, -0.2) is 4.79 Å². The molecule has 3 amide bonds. The van der Waals surface area contributed by atoms with Crippen LogP contribution in [-0.4, -0.2) is 42.5 Å². The van der Waals surface area contributed by atoms with Crippen LogP contribution in [0.2, 0.25) is 5.02 Å². The summed E-state index contributed by atoms with van der Waals surface area (Å²) in [6, 6.07) is 7.99. The largest absolute Gasteiger partial charge is 0.354 e. The lowest BCUT2D eigenvalue weighted by Crippen LogP contribution is -2.46. The third kappa shape index (κ3) is 3.96. The lowest BCUT2D eigenvalue weighted by Gasteiger charge is -2.26. The van der Waals surface area contributed by atoms with Crippen molar-refractivity contribution in [3.8, 4) is 0 Å². The molecule has 2 aliphatic rings. The smallest absolute Gasteiger partial charge is 0.317 e. The highest BCUT2D eigenvalue weighted by molar-refractivity contribution is 6.30. The monoisotopic (exact) mass is 335 g/mol. The molecular formula is C17H22ClN3O2. The van der Waals surface area contributed by atoms with Crippen LogP contribution in [0.15, 0.2) is 24.3 Å². The normalized spacial score (nSPS) is 24.9. The maximum Gasteiger partial charge on any atom is 0.317 e. The molecule has 2 N–H and O–H groups in total. The second kappa shape index (κ2) is 7.21. The van der Waals surface area contributed by atoms with E-state index in [1.165, 1.54) is 5.56 Å². The van der Waals surface area contributed by atoms with Crippen molar-refractivity contribution < 1.29 is 9.59 Å². The van der Waals surface area contributed by atoms with E-state index in [1.54, 1.807) is 4.90 Å². The van der Waals surface area contributed by atoms with E-state index in [4.69, 9.17) is 11.6 Å². The first-order chi connectivity index (χ1) is 11.1. The van der Waals surface area contributed by atoms with Crippen molar-refractivity contribution in [2.45, 2.75) is 37.6 Å². The maximum atomic E-state index is 12.5. The SMILES string of the molecule is O=C1CCN(C(=O)N[C@@H]2CCC[C@@H]2c2ccc(Cl)cc2)CCN1. The first-order valence-corrected chi connectivity index (χ1v) is 8.59. The van der Waals surface area contributed by atoms with Crippen LogP contribution in [0.3, 0.4) is 0 Å². The van der Waals surface area contributed by atoms with E-state index in [0.717, 1.165) is 24.3 Å². The summed E-state index contributed by atoms with van der Waals surface area (Å²) in [7, 11) is 0. The van der Waals surface area contributed by atoms with Crippen molar-refractivity contribution in [2.24, 2.45) is 0 Å². The lowest BCUT2D eigenvalue weighted by atomic mass is 9.94. The summed E-state index contributed by atoms with van der Waals surface area (Å²) < 4.78 is 0. The van der Waals surface area contributed by atoms with Gasteiger partial charge in [0.15, 0.2) is 0 Å². The highest BCUT2D eigenvalue weighted by Gasteiger charge is 2.31. The molecular weight excluding hydrogens is 314 g/mol. The summed E-state index contributed by atoms with van der Waals surface area (Å²) in [6.07, 6.45) is 3.55. The van der Waals surface area contributed by atoms with Crippen LogP contribution in [0.4, 0.5) is 4.79 Å². The number of carbonyl (C=O) groups is 2. The van der Waals surface area contributed by atoms with Gasteiger partial charge in [-0.05, 0) is 30.5 Å². The molecule has 5 nitrogen and oxygen atoms in total. The van der Waals surface area contributed by atoms with Gasteiger partial charge in [0.25, 0.3) is 0 Å². The number of urea groups is 1. The molecule has 0 spiro atoms. The Labute approximate surface area is 141 Å². The molecule has 1 aromatic rings. The topological polar surface area (TPSA) is 61.4 Å². The summed E-state index contributed by atoms with van der Waals surface area (Å²) in [6.45, 7) is 1.57. The van der Waals surface area contributed by atoms with Crippen molar-refractivity contribution in [3.63, 3.8) is 0 Å². The van der Waals surface area contributed by atoms with Crippen LogP contribution in [0.1, 0.15) is 37.2 Å². The van der Waals surface area contributed by atoms with Gasteiger partial charge < -0.3 is 15.5 Å². The molecule has 124 valence electrons. The molecule has 23 heavy (non-hydrogen) atoms. The third-order valence-electron chi connectivity index (χ3n) is 4.72. The van der Waals surface area contributed by atoms with Crippen LogP contribution < -0.4 is 10.6 Å². The van der Waals surface area contributed by atoms with Gasteiger partial charge in [-0.3, -0.25) is 4.79 Å². The van der Waals surface area contributed by atoms with E-state index >= 15 is 0 Å². The number of hydrogen-bond acceptors (Lipinski definition) is 2. The molecule has 2 fully saturated rings. The third-order valence-corrected chi connectivity index (χ3v) is 4.97. The molecule has 2 atom stereocenters. The molecule has 1 aromatic carbocycles. The van der Waals surface area contributed by atoms with E-state index < -0.39 is 0 Å². The maximum absolute atomic E-state index is 12.5. The molecule has 1 saturated carbocycles. The lowest BCUT2D eigenvalue weighted by molar-refractivity contribution is -0.120. The first-order valence-electron chi connectivity index (χ1n) is 8.21. The number of carbonyl (C=O) groups excluding carboxylic acids is 2. The quantitative estimate of drug-likeness (QED) is 0.872. The average molecular weight is 336 g/mol. The van der Waals surface area contributed by atoms with Gasteiger partial charge in [-0.15, -0.1) is 0 Å². The van der Waals surface area contributed by atoms with E-state index in [9.17, 15) is 9.59 Å². The van der Waals surface area contributed by atoms with Crippen molar-refractivity contribution in [1.82, 2.24) is 15.5 Å². The van der Waals surface area contributed by atoms with Crippen LogP contribution >= 0.6 is 11.6 Å². The van der Waals surface area contributed by atoms with Gasteiger partial charge in [-0.1, -0.05) is 30.2 Å². The van der Waals surface area contributed by atoms with Crippen LogP contribution in [0.25, 0.3) is 0 Å². The number of nitrogens with zero attached hydrogens (tertiary/aromatic N) is 1. The fourth-order valence-corrected chi connectivity index (χ4v) is 3.59. The first kappa shape index (κ1) is 16.1. The molecule has 3 rings (SSSR count). The molecule has 0 radical (unpaired) electrons. The Bertz CT molecular complexity index is 576. The summed E-state index contributed by atoms with van der Waals surface area (Å²) in [5.74, 6) is 0.350. The van der Waals surface area contributed by atoms with Crippen molar-refractivity contribution in [3.05, 3.63) is 34.9 Å². The molecule has 0 unspecified atom stereocenters. The zero-order valence-corrected chi connectivity index (χ0v) is 13.8. The molecule has 0 bridgehead atoms. The Morgan fingerprint density at radius 1 is 1.22 bits per heavy atom. The van der Waals surface area contributed by atoms with Gasteiger partial charge in [0.05, 0.1) is 0 Å².